The van der Waals surface area contributed by atoms with Crippen LogP contribution in [-0.4, -0.2) is 40.3 Å². The first-order chi connectivity index (χ1) is 14.1. The van der Waals surface area contributed by atoms with E-state index < -0.39 is 23.8 Å². The van der Waals surface area contributed by atoms with Gasteiger partial charge in [-0.25, -0.2) is 0 Å². The maximum Gasteiger partial charge on any atom is 0.416 e. The lowest BCUT2D eigenvalue weighted by molar-refractivity contribution is -0.138. The highest BCUT2D eigenvalue weighted by atomic mass is 19.4. The van der Waals surface area contributed by atoms with Gasteiger partial charge in [0.05, 0.1) is 28.0 Å². The van der Waals surface area contributed by atoms with Gasteiger partial charge < -0.3 is 14.2 Å². The molecule has 1 aliphatic heterocycles. The third kappa shape index (κ3) is 3.37. The summed E-state index contributed by atoms with van der Waals surface area (Å²) in [5.74, 6) is 0.380. The number of imidazole rings is 1. The second-order valence-electron chi connectivity index (χ2n) is 6.48. The van der Waals surface area contributed by atoms with Gasteiger partial charge in [0.1, 0.15) is 5.82 Å². The summed E-state index contributed by atoms with van der Waals surface area (Å²) in [5, 5.41) is 0. The number of alkyl halides is 3. The summed E-state index contributed by atoms with van der Waals surface area (Å²) in [6.07, 6.45) is -1.94. The molecular formula is C19H19F3N4O2. The van der Waals surface area contributed by atoms with Crippen LogP contribution in [0.5, 0.6) is 0 Å². The SMILES string of the molecule is [2H]C([2H])(c1cccc(C(F)(F)F)c1C)n1ccn2c(=O)cc(N3CCOCC3)nc12. The molecule has 0 N–H and O–H groups in total. The van der Waals surface area contributed by atoms with Crippen LogP contribution < -0.4 is 10.5 Å². The van der Waals surface area contributed by atoms with Crippen LogP contribution in [0.15, 0.2) is 41.5 Å². The second kappa shape index (κ2) is 6.97. The van der Waals surface area contributed by atoms with Gasteiger partial charge in [-0.3, -0.25) is 9.20 Å². The fourth-order valence-electron chi connectivity index (χ4n) is 3.21. The Morgan fingerprint density at radius 1 is 1.25 bits per heavy atom. The van der Waals surface area contributed by atoms with Crippen molar-refractivity contribution in [3.63, 3.8) is 0 Å². The predicted octanol–water partition coefficient (Wildman–Crippen LogP) is 2.71. The summed E-state index contributed by atoms with van der Waals surface area (Å²) in [5.41, 5.74) is -1.67. The highest BCUT2D eigenvalue weighted by Gasteiger charge is 2.32. The summed E-state index contributed by atoms with van der Waals surface area (Å²) >= 11 is 0. The summed E-state index contributed by atoms with van der Waals surface area (Å²) < 4.78 is 64.7. The van der Waals surface area contributed by atoms with Crippen molar-refractivity contribution < 1.29 is 20.6 Å². The molecular weight excluding hydrogens is 373 g/mol. The Kier molecular flexibility index (Phi) is 4.03. The lowest BCUT2D eigenvalue weighted by Gasteiger charge is -2.27. The number of benzene rings is 1. The normalized spacial score (nSPS) is 16.9. The minimum Gasteiger partial charge on any atom is -0.378 e. The van der Waals surface area contributed by atoms with E-state index in [1.54, 1.807) is 0 Å². The maximum absolute atomic E-state index is 13.3. The lowest BCUT2D eigenvalue weighted by atomic mass is 10.0. The van der Waals surface area contributed by atoms with Crippen LogP contribution in [0, 0.1) is 6.92 Å². The van der Waals surface area contributed by atoms with Gasteiger partial charge in [0.2, 0.25) is 5.78 Å². The molecule has 28 heavy (non-hydrogen) atoms. The summed E-state index contributed by atoms with van der Waals surface area (Å²) in [6.45, 7) is 0.883. The van der Waals surface area contributed by atoms with E-state index in [9.17, 15) is 18.0 Å². The summed E-state index contributed by atoms with van der Waals surface area (Å²) in [4.78, 5) is 18.9. The van der Waals surface area contributed by atoms with Crippen molar-refractivity contribution in [2.45, 2.75) is 19.6 Å². The topological polar surface area (TPSA) is 51.8 Å². The van der Waals surface area contributed by atoms with E-state index in [2.05, 4.69) is 4.98 Å². The molecule has 0 unspecified atom stereocenters. The molecule has 0 bridgehead atoms. The van der Waals surface area contributed by atoms with Crippen molar-refractivity contribution in [2.75, 3.05) is 31.2 Å². The van der Waals surface area contributed by atoms with Gasteiger partial charge in [-0.15, -0.1) is 0 Å². The molecule has 0 aliphatic carbocycles. The highest BCUT2D eigenvalue weighted by molar-refractivity contribution is 5.46. The zero-order chi connectivity index (χ0) is 21.7. The predicted molar refractivity (Wildman–Crippen MR) is 97.8 cm³/mol. The van der Waals surface area contributed by atoms with Gasteiger partial charge in [0.15, 0.2) is 0 Å². The smallest absolute Gasteiger partial charge is 0.378 e. The number of rotatable bonds is 3. The molecule has 6 nitrogen and oxygen atoms in total. The number of aromatic nitrogens is 3. The fraction of sp³-hybridized carbons (Fsp3) is 0.368. The molecule has 0 atom stereocenters. The molecule has 0 radical (unpaired) electrons. The van der Waals surface area contributed by atoms with Gasteiger partial charge in [0, 0.05) is 31.5 Å². The van der Waals surface area contributed by atoms with E-state index in [0.717, 1.165) is 10.6 Å². The Morgan fingerprint density at radius 2 is 2.00 bits per heavy atom. The molecule has 3 heterocycles. The number of halogens is 3. The van der Waals surface area contributed by atoms with Crippen LogP contribution in [0.3, 0.4) is 0 Å². The van der Waals surface area contributed by atoms with E-state index in [1.165, 1.54) is 41.9 Å². The molecule has 3 aromatic rings. The third-order valence-electron chi connectivity index (χ3n) is 4.72. The minimum absolute atomic E-state index is 0.00537. The second-order valence-corrected chi connectivity index (χ2v) is 6.48. The number of hydrogen-bond acceptors (Lipinski definition) is 4. The zero-order valence-corrected chi connectivity index (χ0v) is 15.0. The average molecular weight is 394 g/mol. The third-order valence-corrected chi connectivity index (χ3v) is 4.72. The standard InChI is InChI=1S/C19H19F3N4O2/c1-13-14(3-2-4-15(13)19(20,21)22)12-25-5-6-26-17(27)11-16(23-18(25)26)24-7-9-28-10-8-24/h2-6,11H,7-10,12H2,1H3/i12D2. The van der Waals surface area contributed by atoms with E-state index in [1.807, 2.05) is 4.90 Å². The molecule has 2 aromatic heterocycles. The first kappa shape index (κ1) is 16.2. The van der Waals surface area contributed by atoms with E-state index in [4.69, 9.17) is 7.48 Å². The Labute approximate surface area is 161 Å². The van der Waals surface area contributed by atoms with Crippen LogP contribution in [0.2, 0.25) is 0 Å². The molecule has 1 fully saturated rings. The number of nitrogens with zero attached hydrogens (tertiary/aromatic N) is 4. The monoisotopic (exact) mass is 394 g/mol. The quantitative estimate of drug-likeness (QED) is 0.686. The van der Waals surface area contributed by atoms with Crippen LogP contribution in [0.25, 0.3) is 5.78 Å². The molecule has 1 aliphatic rings. The Balaban J connectivity index is 1.87. The summed E-state index contributed by atoms with van der Waals surface area (Å²) in [6, 6.07) is 4.76. The molecule has 1 aromatic carbocycles. The van der Waals surface area contributed by atoms with Crippen LogP contribution >= 0.6 is 0 Å². The molecule has 4 rings (SSSR count). The number of ether oxygens (including phenoxy) is 1. The molecule has 0 amide bonds. The Hall–Kier alpha value is -2.81. The number of anilines is 1. The minimum atomic E-state index is -4.60. The highest BCUT2D eigenvalue weighted by Crippen LogP contribution is 2.33. The Bertz CT molecular complexity index is 1150. The average Bonchev–Trinajstić information content (AvgIpc) is 3.13. The van der Waals surface area contributed by atoms with Crippen molar-refractivity contribution in [3.8, 4) is 0 Å². The van der Waals surface area contributed by atoms with Crippen molar-refractivity contribution in [1.29, 1.82) is 0 Å². The van der Waals surface area contributed by atoms with Gasteiger partial charge in [-0.2, -0.15) is 18.2 Å². The van der Waals surface area contributed by atoms with Crippen molar-refractivity contribution in [1.82, 2.24) is 14.0 Å². The summed E-state index contributed by atoms with van der Waals surface area (Å²) in [7, 11) is 0. The molecule has 1 saturated heterocycles. The lowest BCUT2D eigenvalue weighted by Crippen LogP contribution is -2.37. The van der Waals surface area contributed by atoms with Gasteiger partial charge in [-0.05, 0) is 24.1 Å². The van der Waals surface area contributed by atoms with E-state index >= 15 is 0 Å². The first-order valence-electron chi connectivity index (χ1n) is 9.72. The first-order valence-corrected chi connectivity index (χ1v) is 8.72. The van der Waals surface area contributed by atoms with Crippen molar-refractivity contribution in [2.24, 2.45) is 0 Å². The van der Waals surface area contributed by atoms with E-state index in [0.29, 0.717) is 32.1 Å². The maximum atomic E-state index is 13.3. The molecule has 0 spiro atoms. The largest absolute Gasteiger partial charge is 0.416 e. The van der Waals surface area contributed by atoms with Gasteiger partial charge in [0.25, 0.3) is 5.56 Å². The van der Waals surface area contributed by atoms with Crippen molar-refractivity contribution in [3.05, 3.63) is 63.7 Å². The Morgan fingerprint density at radius 3 is 2.71 bits per heavy atom. The fourth-order valence-corrected chi connectivity index (χ4v) is 3.21. The van der Waals surface area contributed by atoms with Gasteiger partial charge >= 0.3 is 6.18 Å². The van der Waals surface area contributed by atoms with Crippen LogP contribution in [0.4, 0.5) is 19.0 Å². The van der Waals surface area contributed by atoms with Crippen molar-refractivity contribution >= 4 is 11.6 Å². The number of fused-ring (bicyclic) bond motifs is 1. The van der Waals surface area contributed by atoms with Gasteiger partial charge in [-0.1, -0.05) is 12.1 Å². The van der Waals surface area contributed by atoms with E-state index in [-0.39, 0.29) is 16.9 Å². The van der Waals surface area contributed by atoms with Crippen LogP contribution in [0.1, 0.15) is 19.4 Å². The molecule has 0 saturated carbocycles. The van der Waals surface area contributed by atoms with Crippen LogP contribution in [-0.2, 0) is 17.4 Å². The zero-order valence-electron chi connectivity index (χ0n) is 17.0. The number of morpholine rings is 1. The molecule has 148 valence electrons. The number of hydrogen-bond donors (Lipinski definition) is 0. The molecule has 9 heteroatoms.